The van der Waals surface area contributed by atoms with E-state index in [0.717, 1.165) is 17.9 Å². The van der Waals surface area contributed by atoms with Crippen LogP contribution in [0.25, 0.3) is 0 Å². The van der Waals surface area contributed by atoms with E-state index in [0.29, 0.717) is 5.54 Å². The van der Waals surface area contributed by atoms with E-state index in [1.807, 2.05) is 0 Å². The molecule has 2 unspecified atom stereocenters. The molecule has 4 fully saturated rings. The Labute approximate surface area is 118 Å². The van der Waals surface area contributed by atoms with Gasteiger partial charge in [-0.2, -0.15) is 0 Å². The molecule has 4 rings (SSSR count). The van der Waals surface area contributed by atoms with Crippen molar-refractivity contribution in [1.29, 1.82) is 0 Å². The van der Waals surface area contributed by atoms with Gasteiger partial charge in [-0.05, 0) is 57.7 Å². The molecule has 0 aliphatic carbocycles. The summed E-state index contributed by atoms with van der Waals surface area (Å²) in [7, 11) is 0. The number of rotatable bonds is 2. The highest BCUT2D eigenvalue weighted by atomic mass is 15.3. The minimum absolute atomic E-state index is 0.447. The lowest BCUT2D eigenvalue weighted by atomic mass is 9.76. The normalized spacial score (nSPS) is 44.5. The van der Waals surface area contributed by atoms with Gasteiger partial charge in [0.15, 0.2) is 0 Å². The number of fused-ring (bicyclic) bond motifs is 4. The smallest absolute Gasteiger partial charge is 0.0249 e. The van der Waals surface area contributed by atoms with E-state index in [4.69, 9.17) is 0 Å². The van der Waals surface area contributed by atoms with Crippen molar-refractivity contribution in [2.75, 3.05) is 39.3 Å². The van der Waals surface area contributed by atoms with Gasteiger partial charge in [-0.1, -0.05) is 13.8 Å². The maximum Gasteiger partial charge on any atom is 0.0249 e. The van der Waals surface area contributed by atoms with Gasteiger partial charge in [0.05, 0.1) is 0 Å². The number of piperazine rings is 1. The zero-order valence-electron chi connectivity index (χ0n) is 13.0. The Morgan fingerprint density at radius 1 is 1.11 bits per heavy atom. The zero-order valence-corrected chi connectivity index (χ0v) is 13.0. The molecule has 0 aromatic carbocycles. The summed E-state index contributed by atoms with van der Waals surface area (Å²) in [6.45, 7) is 15.0. The van der Waals surface area contributed by atoms with E-state index in [9.17, 15) is 0 Å². The molecular weight excluding hydrogens is 234 g/mol. The van der Waals surface area contributed by atoms with Gasteiger partial charge in [-0.3, -0.25) is 4.90 Å². The van der Waals surface area contributed by atoms with Gasteiger partial charge in [0.1, 0.15) is 0 Å². The minimum Gasteiger partial charge on any atom is -0.314 e. The van der Waals surface area contributed by atoms with E-state index in [2.05, 4.69) is 35.9 Å². The summed E-state index contributed by atoms with van der Waals surface area (Å²) in [6, 6.07) is 0.728. The molecule has 4 heterocycles. The first-order valence-electron chi connectivity index (χ1n) is 8.31. The van der Waals surface area contributed by atoms with E-state index >= 15 is 0 Å². The SMILES string of the molecule is CC(C)C1CNCCN1C1(C)CCN2CCC1CC2. The molecule has 3 nitrogen and oxygen atoms in total. The molecule has 19 heavy (non-hydrogen) atoms. The van der Waals surface area contributed by atoms with Gasteiger partial charge in [0.2, 0.25) is 0 Å². The third-order valence-corrected chi connectivity index (χ3v) is 6.11. The zero-order chi connectivity index (χ0) is 13.5. The van der Waals surface area contributed by atoms with E-state index in [-0.39, 0.29) is 0 Å². The van der Waals surface area contributed by atoms with Crippen LogP contribution in [0.4, 0.5) is 0 Å². The van der Waals surface area contributed by atoms with Gasteiger partial charge < -0.3 is 10.2 Å². The van der Waals surface area contributed by atoms with Crippen LogP contribution in [-0.4, -0.2) is 60.6 Å². The van der Waals surface area contributed by atoms with Crippen molar-refractivity contribution in [2.45, 2.75) is 51.6 Å². The molecule has 0 amide bonds. The Kier molecular flexibility index (Phi) is 3.89. The first-order chi connectivity index (χ1) is 9.11. The molecular formula is C16H31N3. The second-order valence-electron chi connectivity index (χ2n) is 7.43. The van der Waals surface area contributed by atoms with Crippen molar-refractivity contribution in [3.8, 4) is 0 Å². The lowest BCUT2D eigenvalue weighted by Gasteiger charge is -2.53. The summed E-state index contributed by atoms with van der Waals surface area (Å²) in [4.78, 5) is 5.59. The van der Waals surface area contributed by atoms with E-state index in [1.54, 1.807) is 0 Å². The average Bonchev–Trinajstić information content (AvgIpc) is 2.70. The van der Waals surface area contributed by atoms with Gasteiger partial charge in [0, 0.05) is 31.2 Å². The Hall–Kier alpha value is -0.120. The van der Waals surface area contributed by atoms with Gasteiger partial charge in [-0.25, -0.2) is 0 Å². The quantitative estimate of drug-likeness (QED) is 0.821. The molecule has 0 spiro atoms. The van der Waals surface area contributed by atoms with E-state index in [1.165, 1.54) is 58.5 Å². The molecule has 4 aliphatic heterocycles. The van der Waals surface area contributed by atoms with Crippen LogP contribution in [0.5, 0.6) is 0 Å². The number of hydrogen-bond donors (Lipinski definition) is 1. The van der Waals surface area contributed by atoms with Crippen molar-refractivity contribution < 1.29 is 0 Å². The highest BCUT2D eigenvalue weighted by molar-refractivity contribution is 5.02. The van der Waals surface area contributed by atoms with Crippen LogP contribution in [0.15, 0.2) is 0 Å². The Morgan fingerprint density at radius 2 is 1.84 bits per heavy atom. The lowest BCUT2D eigenvalue weighted by Crippen LogP contribution is -2.64. The molecule has 4 saturated heterocycles. The van der Waals surface area contributed by atoms with E-state index < -0.39 is 0 Å². The molecule has 0 radical (unpaired) electrons. The minimum atomic E-state index is 0.447. The van der Waals surface area contributed by atoms with Gasteiger partial charge in [-0.15, -0.1) is 0 Å². The molecule has 0 aromatic rings. The second kappa shape index (κ2) is 5.34. The Bertz CT molecular complexity index is 309. The number of piperidine rings is 1. The Morgan fingerprint density at radius 3 is 2.53 bits per heavy atom. The van der Waals surface area contributed by atoms with Crippen LogP contribution in [-0.2, 0) is 0 Å². The standard InChI is InChI=1S/C16H31N3/c1-13(2)15-12-17-7-11-19(15)16(3)6-10-18-8-4-14(16)5-9-18/h13-15,17H,4-12H2,1-3H3. The van der Waals surface area contributed by atoms with Crippen molar-refractivity contribution in [3.05, 3.63) is 0 Å². The highest BCUT2D eigenvalue weighted by Gasteiger charge is 2.46. The van der Waals surface area contributed by atoms with Gasteiger partial charge >= 0.3 is 0 Å². The second-order valence-corrected chi connectivity index (χ2v) is 7.43. The van der Waals surface area contributed by atoms with Crippen molar-refractivity contribution in [3.63, 3.8) is 0 Å². The third-order valence-electron chi connectivity index (χ3n) is 6.11. The molecule has 2 atom stereocenters. The molecule has 3 heteroatoms. The molecule has 110 valence electrons. The predicted octanol–water partition coefficient (Wildman–Crippen LogP) is 1.79. The fraction of sp³-hybridized carbons (Fsp3) is 1.00. The van der Waals surface area contributed by atoms with Crippen LogP contribution in [0, 0.1) is 11.8 Å². The van der Waals surface area contributed by atoms with Crippen LogP contribution < -0.4 is 5.32 Å². The van der Waals surface area contributed by atoms with Gasteiger partial charge in [0.25, 0.3) is 0 Å². The molecule has 2 bridgehead atoms. The topological polar surface area (TPSA) is 18.5 Å². The fourth-order valence-electron chi connectivity index (χ4n) is 4.70. The maximum absolute atomic E-state index is 3.61. The summed E-state index contributed by atoms with van der Waals surface area (Å²) >= 11 is 0. The first kappa shape index (κ1) is 13.8. The number of nitrogens with one attached hydrogen (secondary N) is 1. The highest BCUT2D eigenvalue weighted by Crippen LogP contribution is 2.41. The Balaban J connectivity index is 1.84. The number of hydrogen-bond acceptors (Lipinski definition) is 3. The van der Waals surface area contributed by atoms with Crippen molar-refractivity contribution in [1.82, 2.24) is 15.1 Å². The fourth-order valence-corrected chi connectivity index (χ4v) is 4.70. The monoisotopic (exact) mass is 265 g/mol. The van der Waals surface area contributed by atoms with Crippen LogP contribution in [0.3, 0.4) is 0 Å². The lowest BCUT2D eigenvalue weighted by molar-refractivity contribution is -0.0238. The van der Waals surface area contributed by atoms with Crippen LogP contribution in [0.2, 0.25) is 0 Å². The summed E-state index contributed by atoms with van der Waals surface area (Å²) in [5.74, 6) is 1.68. The molecule has 0 aromatic heterocycles. The maximum atomic E-state index is 3.61. The summed E-state index contributed by atoms with van der Waals surface area (Å²) < 4.78 is 0. The average molecular weight is 265 g/mol. The van der Waals surface area contributed by atoms with Crippen molar-refractivity contribution in [2.24, 2.45) is 11.8 Å². The predicted molar refractivity (Wildman–Crippen MR) is 80.4 cm³/mol. The molecule has 1 N–H and O–H groups in total. The summed E-state index contributed by atoms with van der Waals surface area (Å²) in [5.41, 5.74) is 0.447. The first-order valence-corrected chi connectivity index (χ1v) is 8.31. The summed E-state index contributed by atoms with van der Waals surface area (Å²) in [6.07, 6.45) is 4.22. The summed E-state index contributed by atoms with van der Waals surface area (Å²) in [5, 5.41) is 3.61. The molecule has 0 saturated carbocycles. The van der Waals surface area contributed by atoms with Crippen LogP contribution in [0.1, 0.15) is 40.0 Å². The largest absolute Gasteiger partial charge is 0.314 e. The number of nitrogens with zero attached hydrogens (tertiary/aromatic N) is 2. The third kappa shape index (κ3) is 2.45. The van der Waals surface area contributed by atoms with Crippen molar-refractivity contribution >= 4 is 0 Å². The van der Waals surface area contributed by atoms with Crippen LogP contribution >= 0.6 is 0 Å². The molecule has 4 aliphatic rings.